The summed E-state index contributed by atoms with van der Waals surface area (Å²) in [7, 11) is 0. The molecule has 0 aromatic heterocycles. The number of benzene rings is 2. The maximum absolute atomic E-state index is 13.2. The van der Waals surface area contributed by atoms with Crippen LogP contribution in [0.4, 0.5) is 0 Å². The first kappa shape index (κ1) is 27.8. The third-order valence-electron chi connectivity index (χ3n) is 7.85. The van der Waals surface area contributed by atoms with Crippen molar-refractivity contribution in [2.24, 2.45) is 28.3 Å². The fraction of sp³-hybridized carbons (Fsp3) is 0.393. The number of nitrogens with one attached hydrogen (secondary N) is 2. The second kappa shape index (κ2) is 10.8. The largest absolute Gasteiger partial charge is 0.385 e. The summed E-state index contributed by atoms with van der Waals surface area (Å²) < 4.78 is 0. The summed E-state index contributed by atoms with van der Waals surface area (Å²) in [6.07, 6.45) is 2.02. The van der Waals surface area contributed by atoms with Crippen molar-refractivity contribution >= 4 is 23.9 Å². The molecule has 2 aliphatic carbocycles. The quantitative estimate of drug-likeness (QED) is 0.0937. The number of fused-ring (bicyclic) bond motifs is 3. The molecule has 2 aliphatic rings. The van der Waals surface area contributed by atoms with Crippen LogP contribution >= 0.6 is 0 Å². The number of nitrogens with zero attached hydrogens (tertiary/aromatic N) is 3. The third kappa shape index (κ3) is 4.96. The monoisotopic (exact) mass is 530 g/mol. The fourth-order valence-corrected chi connectivity index (χ4v) is 5.76. The molecular weight excluding hydrogens is 496 g/mol. The molecule has 1 fully saturated rings. The van der Waals surface area contributed by atoms with Crippen molar-refractivity contribution in [3.05, 3.63) is 58.7 Å². The number of nitriles is 1. The lowest BCUT2D eigenvalue weighted by Gasteiger charge is -2.34. The van der Waals surface area contributed by atoms with E-state index < -0.39 is 17.4 Å². The zero-order valence-electron chi connectivity index (χ0n) is 22.3. The van der Waals surface area contributed by atoms with Gasteiger partial charge in [0.2, 0.25) is 11.8 Å². The number of carbonyl (C=O) groups is 3. The Hall–Kier alpha value is -4.27. The Labute approximate surface area is 227 Å². The van der Waals surface area contributed by atoms with Crippen LogP contribution in [0.15, 0.2) is 41.5 Å². The van der Waals surface area contributed by atoms with Gasteiger partial charge in [0.1, 0.15) is 18.2 Å². The lowest BCUT2D eigenvalue weighted by atomic mass is 9.72. The highest BCUT2D eigenvalue weighted by atomic mass is 16.2. The molecule has 1 saturated carbocycles. The van der Waals surface area contributed by atoms with E-state index in [0.717, 1.165) is 29.4 Å². The maximum Gasteiger partial charge on any atom is 0.248 e. The van der Waals surface area contributed by atoms with Crippen LogP contribution in [-0.2, 0) is 10.2 Å². The number of rotatable bonds is 11. The van der Waals surface area contributed by atoms with Crippen LogP contribution in [0.3, 0.4) is 0 Å². The fourth-order valence-electron chi connectivity index (χ4n) is 5.76. The van der Waals surface area contributed by atoms with Gasteiger partial charge in [-0.15, -0.1) is 0 Å². The Morgan fingerprint density at radius 1 is 1.21 bits per heavy atom. The van der Waals surface area contributed by atoms with Gasteiger partial charge in [0, 0.05) is 23.2 Å². The van der Waals surface area contributed by atoms with Crippen LogP contribution in [0.2, 0.25) is 0 Å². The average molecular weight is 531 g/mol. The number of hydrogen-bond acceptors (Lipinski definition) is 8. The number of primary amides is 1. The minimum atomic E-state index is -0.991. The molecule has 4 unspecified atom stereocenters. The summed E-state index contributed by atoms with van der Waals surface area (Å²) in [5.74, 6) is 5.37. The molecule has 2 amide bonds. The first-order chi connectivity index (χ1) is 18.6. The van der Waals surface area contributed by atoms with E-state index in [0.29, 0.717) is 29.0 Å². The van der Waals surface area contributed by atoms with Crippen molar-refractivity contribution < 1.29 is 14.4 Å². The Morgan fingerprint density at radius 3 is 2.41 bits per heavy atom. The highest BCUT2D eigenvalue weighted by Crippen LogP contribution is 2.52. The van der Waals surface area contributed by atoms with E-state index in [9.17, 15) is 19.6 Å². The van der Waals surface area contributed by atoms with Crippen LogP contribution in [0.5, 0.6) is 0 Å². The van der Waals surface area contributed by atoms with E-state index in [1.807, 2.05) is 13.0 Å². The predicted molar refractivity (Wildman–Crippen MR) is 147 cm³/mol. The van der Waals surface area contributed by atoms with Crippen LogP contribution in [0.25, 0.3) is 11.1 Å². The van der Waals surface area contributed by atoms with Gasteiger partial charge < -0.3 is 21.7 Å². The zero-order valence-corrected chi connectivity index (χ0v) is 22.3. The second-order valence-electron chi connectivity index (χ2n) is 10.5. The summed E-state index contributed by atoms with van der Waals surface area (Å²) in [5, 5.41) is 16.9. The van der Waals surface area contributed by atoms with Crippen molar-refractivity contribution in [2.45, 2.75) is 57.2 Å². The van der Waals surface area contributed by atoms with Gasteiger partial charge >= 0.3 is 0 Å². The molecule has 2 aromatic carbocycles. The minimum Gasteiger partial charge on any atom is -0.385 e. The van der Waals surface area contributed by atoms with E-state index in [2.05, 4.69) is 28.9 Å². The van der Waals surface area contributed by atoms with E-state index >= 15 is 0 Å². The molecule has 0 aliphatic heterocycles. The lowest BCUT2D eigenvalue weighted by Crippen LogP contribution is -2.50. The van der Waals surface area contributed by atoms with Crippen LogP contribution in [0, 0.1) is 17.2 Å². The number of nitrogens with two attached hydrogens (primary N) is 3. The van der Waals surface area contributed by atoms with Crippen molar-refractivity contribution in [3.63, 3.8) is 0 Å². The Bertz CT molecular complexity index is 1380. The van der Waals surface area contributed by atoms with E-state index in [-0.39, 0.29) is 30.4 Å². The van der Waals surface area contributed by atoms with Gasteiger partial charge in [0.05, 0.1) is 18.0 Å². The van der Waals surface area contributed by atoms with Crippen LogP contribution < -0.4 is 28.2 Å². The molecule has 11 nitrogen and oxygen atoms in total. The number of hydrazone groups is 1. The minimum absolute atomic E-state index is 0.0447. The number of carbonyl (C=O) groups excluding carboxylic acids is 3. The van der Waals surface area contributed by atoms with Gasteiger partial charge in [0.15, 0.2) is 0 Å². The smallest absolute Gasteiger partial charge is 0.248 e. The number of amidine groups is 1. The zero-order chi connectivity index (χ0) is 28.5. The number of aldehydes is 1. The highest BCUT2D eigenvalue weighted by Gasteiger charge is 2.48. The van der Waals surface area contributed by atoms with Crippen LogP contribution in [0.1, 0.15) is 65.5 Å². The Kier molecular flexibility index (Phi) is 7.72. The summed E-state index contributed by atoms with van der Waals surface area (Å²) in [4.78, 5) is 38.4. The molecule has 0 radical (unpaired) electrons. The molecule has 4 rings (SSSR count). The molecule has 11 heteroatoms. The normalized spacial score (nSPS) is 22.6. The standard InChI is InChI=1S/C28H34N8O3/c1-15-8-24(15)36(17(3)12-29)25(38)13-33-16(2)11-28(27(31)34-35-32)22-6-4-18(14-37)9-20(22)21-10-19(26(30)39)5-7-23(21)28/h4-7,9-10,14-17,24,33,35H,8,11,13,32H2,1-3H3,(H2,30,39)(H2,31,34)/t15?,16-,17?,24?,28?/m1/s1. The molecule has 0 saturated heterocycles. The predicted octanol–water partition coefficient (Wildman–Crippen LogP) is 1.12. The molecule has 0 heterocycles. The summed E-state index contributed by atoms with van der Waals surface area (Å²) in [5.41, 5.74) is 17.2. The molecule has 2 aromatic rings. The molecule has 5 atom stereocenters. The van der Waals surface area contributed by atoms with Gasteiger partial charge in [-0.2, -0.15) is 10.4 Å². The van der Waals surface area contributed by atoms with Crippen LogP contribution in [-0.4, -0.2) is 53.5 Å². The van der Waals surface area contributed by atoms with Gasteiger partial charge in [-0.3, -0.25) is 14.4 Å². The van der Waals surface area contributed by atoms with Gasteiger partial charge in [0.25, 0.3) is 0 Å². The Morgan fingerprint density at radius 2 is 1.85 bits per heavy atom. The van der Waals surface area contributed by atoms with Crippen molar-refractivity contribution in [1.29, 1.82) is 5.26 Å². The third-order valence-corrected chi connectivity index (χ3v) is 7.85. The van der Waals surface area contributed by atoms with Crippen molar-refractivity contribution in [2.75, 3.05) is 6.54 Å². The number of amides is 2. The molecule has 204 valence electrons. The molecule has 0 bridgehead atoms. The van der Waals surface area contributed by atoms with Crippen molar-refractivity contribution in [1.82, 2.24) is 15.8 Å². The maximum atomic E-state index is 13.2. The topological polar surface area (TPSA) is 193 Å². The number of hydrogen-bond donors (Lipinski definition) is 5. The molecule has 39 heavy (non-hydrogen) atoms. The Balaban J connectivity index is 1.71. The highest BCUT2D eigenvalue weighted by molar-refractivity contribution is 6.05. The second-order valence-corrected chi connectivity index (χ2v) is 10.5. The van der Waals surface area contributed by atoms with Gasteiger partial charge in [-0.05, 0) is 73.1 Å². The first-order valence-corrected chi connectivity index (χ1v) is 12.9. The summed E-state index contributed by atoms with van der Waals surface area (Å²) in [6, 6.07) is 11.9. The van der Waals surface area contributed by atoms with E-state index in [1.165, 1.54) is 0 Å². The van der Waals surface area contributed by atoms with E-state index in [4.69, 9.17) is 17.3 Å². The van der Waals surface area contributed by atoms with Gasteiger partial charge in [-0.1, -0.05) is 25.1 Å². The SMILES string of the molecule is CC1CC1N(C(=O)CN[C@H](C)CC1(/C(N)=N/NN)c2ccc(C=O)cc2-c2cc(C(N)=O)ccc21)C(C)C#N. The lowest BCUT2D eigenvalue weighted by molar-refractivity contribution is -0.132. The molecule has 0 spiro atoms. The van der Waals surface area contributed by atoms with Crippen molar-refractivity contribution in [3.8, 4) is 17.2 Å². The summed E-state index contributed by atoms with van der Waals surface area (Å²) >= 11 is 0. The summed E-state index contributed by atoms with van der Waals surface area (Å²) in [6.45, 7) is 5.78. The van der Waals surface area contributed by atoms with Gasteiger partial charge in [-0.25, -0.2) is 11.4 Å². The average Bonchev–Trinajstić information content (AvgIpc) is 3.57. The first-order valence-electron chi connectivity index (χ1n) is 12.9. The molecular formula is C28H34N8O3. The van der Waals surface area contributed by atoms with E-state index in [1.54, 1.807) is 42.2 Å². The molecule has 8 N–H and O–H groups in total. The number of hydrazine groups is 1.